The van der Waals surface area contributed by atoms with E-state index >= 15 is 0 Å². The van der Waals surface area contributed by atoms with Crippen molar-refractivity contribution in [1.82, 2.24) is 4.98 Å². The van der Waals surface area contributed by atoms with E-state index in [1.807, 2.05) is 12.1 Å². The van der Waals surface area contributed by atoms with Crippen molar-refractivity contribution in [3.05, 3.63) is 47.0 Å². The molecule has 2 aromatic carbocycles. The highest BCUT2D eigenvalue weighted by atomic mass is 35.5. The van der Waals surface area contributed by atoms with Crippen molar-refractivity contribution in [3.63, 3.8) is 0 Å². The van der Waals surface area contributed by atoms with Gasteiger partial charge in [0.15, 0.2) is 5.58 Å². The Hall–Kier alpha value is -2.00. The highest BCUT2D eigenvalue weighted by Crippen LogP contribution is 2.31. The second-order valence-electron chi connectivity index (χ2n) is 6.19. The zero-order chi connectivity index (χ0) is 15.2. The topological polar surface area (TPSA) is 52.0 Å². The summed E-state index contributed by atoms with van der Waals surface area (Å²) in [5.74, 6) is 0.576. The smallest absolute Gasteiger partial charge is 0.227 e. The molecule has 0 unspecified atom stereocenters. The van der Waals surface area contributed by atoms with Gasteiger partial charge in [-0.2, -0.15) is 0 Å². The quantitative estimate of drug-likeness (QED) is 0.641. The minimum atomic E-state index is 0.127. The molecule has 0 radical (unpaired) electrons. The first kappa shape index (κ1) is 14.0. The molecule has 0 bridgehead atoms. The largest absolute Gasteiger partial charge is 0.436 e. The Morgan fingerprint density at radius 3 is 2.38 bits per heavy atom. The number of rotatable bonds is 1. The Labute approximate surface area is 128 Å². The predicted molar refractivity (Wildman–Crippen MR) is 87.6 cm³/mol. The van der Waals surface area contributed by atoms with Crippen LogP contribution in [0.15, 0.2) is 40.8 Å². The molecule has 108 valence electrons. The highest BCUT2D eigenvalue weighted by Gasteiger charge is 2.15. The molecule has 1 aromatic heterocycles. The molecule has 0 atom stereocenters. The van der Waals surface area contributed by atoms with E-state index < -0.39 is 0 Å². The minimum Gasteiger partial charge on any atom is -0.436 e. The third-order valence-corrected chi connectivity index (χ3v) is 3.83. The number of nitrogens with two attached hydrogens (primary N) is 1. The molecule has 0 spiro atoms. The van der Waals surface area contributed by atoms with Gasteiger partial charge in [0.25, 0.3) is 0 Å². The van der Waals surface area contributed by atoms with Gasteiger partial charge >= 0.3 is 0 Å². The van der Waals surface area contributed by atoms with Gasteiger partial charge < -0.3 is 10.2 Å². The van der Waals surface area contributed by atoms with E-state index in [9.17, 15) is 0 Å². The summed E-state index contributed by atoms with van der Waals surface area (Å²) >= 11 is 6.01. The number of nitrogens with zero attached hydrogens (tertiary/aromatic N) is 1. The number of oxazole rings is 1. The van der Waals surface area contributed by atoms with E-state index in [4.69, 9.17) is 21.8 Å². The Balaban J connectivity index is 2.04. The summed E-state index contributed by atoms with van der Waals surface area (Å²) in [4.78, 5) is 4.47. The van der Waals surface area contributed by atoms with Gasteiger partial charge in [-0.3, -0.25) is 0 Å². The van der Waals surface area contributed by atoms with Crippen molar-refractivity contribution in [2.45, 2.75) is 26.2 Å². The van der Waals surface area contributed by atoms with Crippen LogP contribution in [-0.2, 0) is 5.41 Å². The van der Waals surface area contributed by atoms with Crippen LogP contribution >= 0.6 is 11.6 Å². The molecular weight excluding hydrogens is 284 g/mol. The van der Waals surface area contributed by atoms with Crippen LogP contribution in [0.1, 0.15) is 26.3 Å². The van der Waals surface area contributed by atoms with Gasteiger partial charge in [0, 0.05) is 11.6 Å². The summed E-state index contributed by atoms with van der Waals surface area (Å²) in [5, 5.41) is 0.491. The van der Waals surface area contributed by atoms with Gasteiger partial charge in [0.2, 0.25) is 5.89 Å². The Kier molecular flexibility index (Phi) is 3.18. The second-order valence-corrected chi connectivity index (χ2v) is 6.60. The fourth-order valence-corrected chi connectivity index (χ4v) is 2.36. The molecule has 21 heavy (non-hydrogen) atoms. The molecule has 3 rings (SSSR count). The maximum absolute atomic E-state index is 6.01. The number of hydrogen-bond donors (Lipinski definition) is 1. The molecule has 1 heterocycles. The van der Waals surface area contributed by atoms with Crippen LogP contribution in [0.3, 0.4) is 0 Å². The number of benzene rings is 2. The molecule has 3 aromatic rings. The van der Waals surface area contributed by atoms with Crippen LogP contribution in [0, 0.1) is 0 Å². The van der Waals surface area contributed by atoms with E-state index in [0.717, 1.165) is 5.56 Å². The monoisotopic (exact) mass is 300 g/mol. The average molecular weight is 301 g/mol. The first-order chi connectivity index (χ1) is 9.84. The van der Waals surface area contributed by atoms with Crippen LogP contribution in [0.25, 0.3) is 22.6 Å². The summed E-state index contributed by atoms with van der Waals surface area (Å²) in [6, 6.07) is 11.7. The third-order valence-electron chi connectivity index (χ3n) is 3.50. The van der Waals surface area contributed by atoms with Crippen molar-refractivity contribution in [1.29, 1.82) is 0 Å². The van der Waals surface area contributed by atoms with E-state index in [1.165, 1.54) is 5.56 Å². The van der Waals surface area contributed by atoms with Crippen molar-refractivity contribution < 1.29 is 4.42 Å². The lowest BCUT2D eigenvalue weighted by atomic mass is 9.87. The number of hydrogen-bond acceptors (Lipinski definition) is 3. The van der Waals surface area contributed by atoms with Gasteiger partial charge in [-0.15, -0.1) is 0 Å². The van der Waals surface area contributed by atoms with Gasteiger partial charge in [-0.05, 0) is 29.2 Å². The van der Waals surface area contributed by atoms with E-state index in [-0.39, 0.29) is 5.41 Å². The maximum atomic E-state index is 6.01. The molecular formula is C17H17ClN2O. The van der Waals surface area contributed by atoms with Crippen molar-refractivity contribution in [2.24, 2.45) is 0 Å². The molecule has 0 amide bonds. The Bertz CT molecular complexity index is 759. The standard InChI is InChI=1S/C17H17ClN2O/c1-17(2,3)11-6-4-10(5-7-11)16-20-14-8-12(18)13(19)9-15(14)21-16/h4-9H,19H2,1-3H3. The second kappa shape index (κ2) is 4.78. The van der Waals surface area contributed by atoms with Crippen LogP contribution in [0.2, 0.25) is 5.02 Å². The normalized spacial score (nSPS) is 12.0. The molecule has 2 N–H and O–H groups in total. The SMILES string of the molecule is CC(C)(C)c1ccc(-c2nc3cc(Cl)c(N)cc3o2)cc1. The fraction of sp³-hybridized carbons (Fsp3) is 0.235. The molecule has 3 nitrogen and oxygen atoms in total. The molecule has 0 saturated heterocycles. The van der Waals surface area contributed by atoms with Gasteiger partial charge in [0.1, 0.15) is 5.52 Å². The lowest BCUT2D eigenvalue weighted by Gasteiger charge is -2.18. The van der Waals surface area contributed by atoms with Crippen LogP contribution in [0.4, 0.5) is 5.69 Å². The minimum absolute atomic E-state index is 0.127. The van der Waals surface area contributed by atoms with Gasteiger partial charge in [0.05, 0.1) is 10.7 Å². The van der Waals surface area contributed by atoms with E-state index in [1.54, 1.807) is 12.1 Å². The number of fused-ring (bicyclic) bond motifs is 1. The predicted octanol–water partition coefficient (Wildman–Crippen LogP) is 5.03. The molecule has 0 fully saturated rings. The van der Waals surface area contributed by atoms with Gasteiger partial charge in [-0.25, -0.2) is 4.98 Å². The number of anilines is 1. The number of halogens is 1. The van der Waals surface area contributed by atoms with Crippen LogP contribution in [-0.4, -0.2) is 4.98 Å². The zero-order valence-electron chi connectivity index (χ0n) is 12.3. The lowest BCUT2D eigenvalue weighted by molar-refractivity contribution is 0.589. The van der Waals surface area contributed by atoms with Crippen LogP contribution in [0.5, 0.6) is 0 Å². The fourth-order valence-electron chi connectivity index (χ4n) is 2.20. The molecule has 0 aliphatic rings. The van der Waals surface area contributed by atoms with Crippen molar-refractivity contribution >= 4 is 28.4 Å². The number of aromatic nitrogens is 1. The lowest BCUT2D eigenvalue weighted by Crippen LogP contribution is -2.10. The molecule has 0 saturated carbocycles. The summed E-state index contributed by atoms with van der Waals surface area (Å²) in [5.41, 5.74) is 9.97. The highest BCUT2D eigenvalue weighted by molar-refractivity contribution is 6.33. The Morgan fingerprint density at radius 2 is 1.76 bits per heavy atom. The number of nitrogen functional groups attached to an aromatic ring is 1. The average Bonchev–Trinajstić information content (AvgIpc) is 2.81. The third kappa shape index (κ3) is 2.61. The summed E-state index contributed by atoms with van der Waals surface area (Å²) in [7, 11) is 0. The van der Waals surface area contributed by atoms with Crippen molar-refractivity contribution in [2.75, 3.05) is 5.73 Å². The molecule has 0 aliphatic carbocycles. The van der Waals surface area contributed by atoms with E-state index in [0.29, 0.717) is 27.7 Å². The first-order valence-electron chi connectivity index (χ1n) is 6.81. The van der Waals surface area contributed by atoms with Crippen LogP contribution < -0.4 is 5.73 Å². The van der Waals surface area contributed by atoms with E-state index in [2.05, 4.69) is 37.9 Å². The maximum Gasteiger partial charge on any atom is 0.227 e. The van der Waals surface area contributed by atoms with Crippen molar-refractivity contribution in [3.8, 4) is 11.5 Å². The first-order valence-corrected chi connectivity index (χ1v) is 7.19. The molecule has 4 heteroatoms. The summed E-state index contributed by atoms with van der Waals surface area (Å²) in [6.07, 6.45) is 0. The molecule has 0 aliphatic heterocycles. The summed E-state index contributed by atoms with van der Waals surface area (Å²) < 4.78 is 5.77. The zero-order valence-corrected chi connectivity index (χ0v) is 13.0. The van der Waals surface area contributed by atoms with Gasteiger partial charge in [-0.1, -0.05) is 44.5 Å². The Morgan fingerprint density at radius 1 is 1.10 bits per heavy atom. The summed E-state index contributed by atoms with van der Waals surface area (Å²) in [6.45, 7) is 6.56.